The number of ether oxygens (including phenoxy) is 2. The summed E-state index contributed by atoms with van der Waals surface area (Å²) in [4.78, 5) is 25.8. The van der Waals surface area contributed by atoms with Gasteiger partial charge in [0.15, 0.2) is 11.9 Å². The van der Waals surface area contributed by atoms with Gasteiger partial charge in [0, 0.05) is 22.2 Å². The second-order valence-electron chi connectivity index (χ2n) is 6.57. The van der Waals surface area contributed by atoms with Crippen LogP contribution in [0.5, 0.6) is 11.5 Å². The molecular weight excluding hydrogens is 402 g/mol. The van der Waals surface area contributed by atoms with Crippen molar-refractivity contribution in [3.05, 3.63) is 88.9 Å². The fourth-order valence-electron chi connectivity index (χ4n) is 2.93. The van der Waals surface area contributed by atoms with Crippen LogP contribution in [-0.4, -0.2) is 24.9 Å². The van der Waals surface area contributed by atoms with E-state index in [-0.39, 0.29) is 11.7 Å². The number of amides is 1. The van der Waals surface area contributed by atoms with Gasteiger partial charge in [0.2, 0.25) is 0 Å². The summed E-state index contributed by atoms with van der Waals surface area (Å²) >= 11 is 6.11. The van der Waals surface area contributed by atoms with Crippen LogP contribution >= 0.6 is 11.6 Å². The molecule has 6 heteroatoms. The second-order valence-corrected chi connectivity index (χ2v) is 7.00. The number of halogens is 1. The van der Waals surface area contributed by atoms with Crippen molar-refractivity contribution in [1.29, 1.82) is 0 Å². The average molecular weight is 424 g/mol. The van der Waals surface area contributed by atoms with E-state index in [2.05, 4.69) is 5.32 Å². The Hall–Kier alpha value is -3.31. The van der Waals surface area contributed by atoms with Crippen LogP contribution in [0, 0.1) is 0 Å². The molecule has 5 nitrogen and oxygen atoms in total. The molecule has 1 atom stereocenters. The van der Waals surface area contributed by atoms with E-state index in [4.69, 9.17) is 21.1 Å². The Balaban J connectivity index is 1.82. The van der Waals surface area contributed by atoms with Crippen molar-refractivity contribution in [1.82, 2.24) is 0 Å². The predicted octanol–water partition coefficient (Wildman–Crippen LogP) is 5.38. The highest BCUT2D eigenvalue weighted by Gasteiger charge is 2.22. The summed E-state index contributed by atoms with van der Waals surface area (Å²) in [6.45, 7) is 1.85. The standard InChI is InChI=1S/C24H22ClNO4/c1-3-22(30-19-11-7-10-18(15-19)29-2)24(28)26-21-13-12-17(25)14-20(21)23(27)16-8-5-4-6-9-16/h4-15,22H,3H2,1-2H3,(H,26,28). The van der Waals surface area contributed by atoms with Crippen LogP contribution in [0.25, 0.3) is 0 Å². The molecule has 3 aromatic carbocycles. The number of hydrogen-bond acceptors (Lipinski definition) is 4. The summed E-state index contributed by atoms with van der Waals surface area (Å²) in [5.41, 5.74) is 1.21. The molecule has 0 spiro atoms. The van der Waals surface area contributed by atoms with E-state index < -0.39 is 6.10 Å². The van der Waals surface area contributed by atoms with E-state index in [9.17, 15) is 9.59 Å². The predicted molar refractivity (Wildman–Crippen MR) is 118 cm³/mol. The molecule has 0 radical (unpaired) electrons. The Morgan fingerprint density at radius 1 is 0.967 bits per heavy atom. The number of carbonyl (C=O) groups excluding carboxylic acids is 2. The molecule has 1 N–H and O–H groups in total. The Morgan fingerprint density at radius 3 is 2.40 bits per heavy atom. The van der Waals surface area contributed by atoms with Gasteiger partial charge in [0.05, 0.1) is 12.8 Å². The topological polar surface area (TPSA) is 64.6 Å². The van der Waals surface area contributed by atoms with E-state index in [0.717, 1.165) is 0 Å². The molecule has 30 heavy (non-hydrogen) atoms. The largest absolute Gasteiger partial charge is 0.497 e. The molecule has 0 saturated carbocycles. The van der Waals surface area contributed by atoms with E-state index in [1.807, 2.05) is 13.0 Å². The van der Waals surface area contributed by atoms with Crippen LogP contribution in [0.15, 0.2) is 72.8 Å². The average Bonchev–Trinajstić information content (AvgIpc) is 2.78. The Morgan fingerprint density at radius 2 is 1.70 bits per heavy atom. The van der Waals surface area contributed by atoms with Crippen LogP contribution in [0.4, 0.5) is 5.69 Å². The quantitative estimate of drug-likeness (QED) is 0.494. The van der Waals surface area contributed by atoms with Gasteiger partial charge in [0.25, 0.3) is 5.91 Å². The highest BCUT2D eigenvalue weighted by molar-refractivity contribution is 6.31. The first-order chi connectivity index (χ1) is 14.5. The molecule has 154 valence electrons. The Labute approximate surface area is 180 Å². The lowest BCUT2D eigenvalue weighted by molar-refractivity contribution is -0.122. The smallest absolute Gasteiger partial charge is 0.265 e. The molecule has 0 aliphatic rings. The fourth-order valence-corrected chi connectivity index (χ4v) is 3.10. The number of benzene rings is 3. The molecule has 0 heterocycles. The second kappa shape index (κ2) is 9.94. The summed E-state index contributed by atoms with van der Waals surface area (Å²) in [6.07, 6.45) is -0.300. The van der Waals surface area contributed by atoms with Gasteiger partial charge in [-0.3, -0.25) is 9.59 Å². The van der Waals surface area contributed by atoms with Crippen molar-refractivity contribution in [2.24, 2.45) is 0 Å². The molecule has 0 bridgehead atoms. The van der Waals surface area contributed by atoms with Crippen LogP contribution < -0.4 is 14.8 Å². The zero-order valence-corrected chi connectivity index (χ0v) is 17.5. The number of carbonyl (C=O) groups is 2. The molecule has 1 amide bonds. The van der Waals surface area contributed by atoms with Crippen LogP contribution in [0.2, 0.25) is 5.02 Å². The molecule has 3 rings (SSSR count). The highest BCUT2D eigenvalue weighted by atomic mass is 35.5. The molecule has 0 saturated heterocycles. The third kappa shape index (κ3) is 5.19. The van der Waals surface area contributed by atoms with Crippen molar-refractivity contribution < 1.29 is 19.1 Å². The first-order valence-corrected chi connectivity index (χ1v) is 9.90. The molecule has 1 unspecified atom stereocenters. The van der Waals surface area contributed by atoms with Crippen molar-refractivity contribution in [3.63, 3.8) is 0 Å². The number of methoxy groups -OCH3 is 1. The maximum atomic E-state index is 12.9. The summed E-state index contributed by atoms with van der Waals surface area (Å²) in [5.74, 6) is 0.573. The monoisotopic (exact) mass is 423 g/mol. The molecule has 0 aliphatic carbocycles. The number of anilines is 1. The summed E-state index contributed by atoms with van der Waals surface area (Å²) in [5, 5.41) is 3.22. The third-order valence-electron chi connectivity index (χ3n) is 4.50. The SMILES string of the molecule is CCC(Oc1cccc(OC)c1)C(=O)Nc1ccc(Cl)cc1C(=O)c1ccccc1. The third-order valence-corrected chi connectivity index (χ3v) is 4.74. The maximum Gasteiger partial charge on any atom is 0.265 e. The number of ketones is 1. The van der Waals surface area contributed by atoms with Gasteiger partial charge in [-0.1, -0.05) is 54.9 Å². The first-order valence-electron chi connectivity index (χ1n) is 9.52. The van der Waals surface area contributed by atoms with Gasteiger partial charge in [0.1, 0.15) is 11.5 Å². The minimum absolute atomic E-state index is 0.227. The lowest BCUT2D eigenvalue weighted by Gasteiger charge is -2.19. The summed E-state index contributed by atoms with van der Waals surface area (Å²) < 4.78 is 11.0. The van der Waals surface area contributed by atoms with Crippen molar-refractivity contribution in [2.45, 2.75) is 19.4 Å². The summed E-state index contributed by atoms with van der Waals surface area (Å²) in [7, 11) is 1.56. The zero-order valence-electron chi connectivity index (χ0n) is 16.7. The van der Waals surface area contributed by atoms with Gasteiger partial charge in [-0.2, -0.15) is 0 Å². The van der Waals surface area contributed by atoms with Gasteiger partial charge in [-0.05, 0) is 36.8 Å². The lowest BCUT2D eigenvalue weighted by Crippen LogP contribution is -2.33. The van der Waals surface area contributed by atoms with Gasteiger partial charge >= 0.3 is 0 Å². The zero-order chi connectivity index (χ0) is 21.5. The first kappa shape index (κ1) is 21.4. The minimum Gasteiger partial charge on any atom is -0.497 e. The van der Waals surface area contributed by atoms with Gasteiger partial charge in [-0.15, -0.1) is 0 Å². The minimum atomic E-state index is -0.743. The fraction of sp³-hybridized carbons (Fsp3) is 0.167. The Bertz CT molecular complexity index is 1040. The highest BCUT2D eigenvalue weighted by Crippen LogP contribution is 2.25. The Kier molecular flexibility index (Phi) is 7.09. The number of nitrogens with one attached hydrogen (secondary N) is 1. The summed E-state index contributed by atoms with van der Waals surface area (Å²) in [6, 6.07) is 20.7. The van der Waals surface area contributed by atoms with E-state index in [0.29, 0.717) is 39.8 Å². The molecule has 0 aliphatic heterocycles. The lowest BCUT2D eigenvalue weighted by atomic mass is 10.0. The van der Waals surface area contributed by atoms with Crippen molar-refractivity contribution in [3.8, 4) is 11.5 Å². The van der Waals surface area contributed by atoms with E-state index >= 15 is 0 Å². The maximum absolute atomic E-state index is 12.9. The van der Waals surface area contributed by atoms with Crippen LogP contribution in [0.1, 0.15) is 29.3 Å². The molecule has 0 fully saturated rings. The van der Waals surface area contributed by atoms with Crippen molar-refractivity contribution in [2.75, 3.05) is 12.4 Å². The van der Waals surface area contributed by atoms with Crippen LogP contribution in [-0.2, 0) is 4.79 Å². The van der Waals surface area contributed by atoms with Crippen molar-refractivity contribution >= 4 is 29.0 Å². The van der Waals surface area contributed by atoms with Crippen LogP contribution in [0.3, 0.4) is 0 Å². The van der Waals surface area contributed by atoms with E-state index in [1.54, 1.807) is 73.8 Å². The van der Waals surface area contributed by atoms with E-state index in [1.165, 1.54) is 0 Å². The number of rotatable bonds is 8. The van der Waals surface area contributed by atoms with Gasteiger partial charge < -0.3 is 14.8 Å². The molecular formula is C24H22ClNO4. The van der Waals surface area contributed by atoms with Gasteiger partial charge in [-0.25, -0.2) is 0 Å². The molecule has 3 aromatic rings. The normalized spacial score (nSPS) is 11.4. The molecule has 0 aromatic heterocycles. The number of hydrogen-bond donors (Lipinski definition) is 1.